The number of carbonyl (C=O) groups excluding carboxylic acids is 1. The Morgan fingerprint density at radius 1 is 1.55 bits per heavy atom. The second kappa shape index (κ2) is 6.83. The van der Waals surface area contributed by atoms with Crippen LogP contribution in [0.25, 0.3) is 0 Å². The molecule has 2 heterocycles. The highest BCUT2D eigenvalue weighted by Crippen LogP contribution is 2.36. The van der Waals surface area contributed by atoms with Gasteiger partial charge in [-0.05, 0) is 30.9 Å². The first-order chi connectivity index (χ1) is 10.3. The first-order valence-electron chi connectivity index (χ1n) is 7.46. The van der Waals surface area contributed by atoms with Crippen LogP contribution in [0.2, 0.25) is 0 Å². The highest BCUT2D eigenvalue weighted by atomic mass is 32.2. The maximum Gasteiger partial charge on any atom is 0.309 e. The van der Waals surface area contributed by atoms with E-state index in [4.69, 9.17) is 4.42 Å². The number of hydrogen-bond donors (Lipinski definition) is 0. The summed E-state index contributed by atoms with van der Waals surface area (Å²) in [6.45, 7) is 4.12. The molecule has 1 aliphatic heterocycles. The van der Waals surface area contributed by atoms with Gasteiger partial charge in [0.1, 0.15) is 5.76 Å². The molecule has 0 unspecified atom stereocenters. The monoisotopic (exact) mass is 329 g/mol. The molecule has 7 heteroatoms. The van der Waals surface area contributed by atoms with Crippen molar-refractivity contribution in [2.75, 3.05) is 19.4 Å². The van der Waals surface area contributed by atoms with Crippen molar-refractivity contribution < 1.29 is 22.4 Å². The van der Waals surface area contributed by atoms with E-state index in [0.717, 1.165) is 12.8 Å². The number of nitrogens with zero attached hydrogens (tertiary/aromatic N) is 1. The van der Waals surface area contributed by atoms with Crippen molar-refractivity contribution in [3.8, 4) is 0 Å². The molecule has 1 aromatic rings. The molecule has 0 radical (unpaired) electrons. The largest absolute Gasteiger partial charge is 0.469 e. The molecule has 0 bridgehead atoms. The fourth-order valence-electron chi connectivity index (χ4n) is 2.87. The number of piperidine rings is 1. The molecule has 6 nitrogen and oxygen atoms in total. The molecule has 2 rings (SSSR count). The molecule has 1 aromatic heterocycles. The number of ether oxygens (including phenoxy) is 1. The quantitative estimate of drug-likeness (QED) is 0.774. The summed E-state index contributed by atoms with van der Waals surface area (Å²) in [5, 5.41) is 0. The molecule has 22 heavy (non-hydrogen) atoms. The molecule has 124 valence electrons. The van der Waals surface area contributed by atoms with Crippen molar-refractivity contribution in [3.05, 3.63) is 24.2 Å². The summed E-state index contributed by atoms with van der Waals surface area (Å²) < 4.78 is 36.9. The Labute approximate surface area is 131 Å². The van der Waals surface area contributed by atoms with Gasteiger partial charge in [-0.3, -0.25) is 4.79 Å². The van der Waals surface area contributed by atoms with E-state index in [1.165, 1.54) is 11.4 Å². The fraction of sp³-hybridized carbons (Fsp3) is 0.667. The second-order valence-electron chi connectivity index (χ2n) is 5.97. The predicted molar refractivity (Wildman–Crippen MR) is 81.5 cm³/mol. The first-order valence-corrected chi connectivity index (χ1v) is 9.06. The molecule has 0 aromatic carbocycles. The van der Waals surface area contributed by atoms with Crippen molar-refractivity contribution in [2.24, 2.45) is 11.8 Å². The molecule has 1 saturated heterocycles. The van der Waals surface area contributed by atoms with Gasteiger partial charge in [0.05, 0.1) is 31.1 Å². The molecule has 1 fully saturated rings. The normalized spacial score (nSPS) is 24.9. The van der Waals surface area contributed by atoms with E-state index < -0.39 is 21.9 Å². The Morgan fingerprint density at radius 2 is 2.27 bits per heavy atom. The zero-order valence-corrected chi connectivity index (χ0v) is 14.0. The van der Waals surface area contributed by atoms with Gasteiger partial charge in [0.2, 0.25) is 10.0 Å². The number of carbonyl (C=O) groups is 1. The summed E-state index contributed by atoms with van der Waals surface area (Å²) in [6.07, 6.45) is 3.08. The number of methoxy groups -OCH3 is 1. The lowest BCUT2D eigenvalue weighted by Gasteiger charge is -2.36. The molecule has 0 aliphatic carbocycles. The standard InChI is InChI=1S/C15H23NO5S/c1-11-6-7-16(13(9-11)14-5-4-8-21-14)22(18,19)10-12(2)15(17)20-3/h4-5,8,11-13H,6-7,9-10H2,1-3H3/t11-,12-,13+/m1/s1. The van der Waals surface area contributed by atoms with Gasteiger partial charge in [-0.25, -0.2) is 8.42 Å². The van der Waals surface area contributed by atoms with Crippen LogP contribution in [0.15, 0.2) is 22.8 Å². The van der Waals surface area contributed by atoms with Crippen molar-refractivity contribution in [1.29, 1.82) is 0 Å². The van der Waals surface area contributed by atoms with Crippen LogP contribution in [0, 0.1) is 11.8 Å². The Hall–Kier alpha value is -1.34. The van der Waals surface area contributed by atoms with E-state index >= 15 is 0 Å². The summed E-state index contributed by atoms with van der Waals surface area (Å²) in [4.78, 5) is 11.5. The Bertz CT molecular complexity index is 595. The van der Waals surface area contributed by atoms with Crippen molar-refractivity contribution in [1.82, 2.24) is 4.31 Å². The van der Waals surface area contributed by atoms with Crippen LogP contribution in [-0.4, -0.2) is 38.1 Å². The summed E-state index contributed by atoms with van der Waals surface area (Å²) in [5.41, 5.74) is 0. The number of rotatable bonds is 5. The van der Waals surface area contributed by atoms with Gasteiger partial charge in [0.15, 0.2) is 0 Å². The summed E-state index contributed by atoms with van der Waals surface area (Å²) >= 11 is 0. The first kappa shape index (κ1) is 17.0. The minimum absolute atomic E-state index is 0.245. The number of sulfonamides is 1. The summed E-state index contributed by atoms with van der Waals surface area (Å²) in [7, 11) is -2.30. The van der Waals surface area contributed by atoms with E-state index in [9.17, 15) is 13.2 Å². The van der Waals surface area contributed by atoms with E-state index in [-0.39, 0.29) is 11.8 Å². The van der Waals surface area contributed by atoms with Gasteiger partial charge in [0.25, 0.3) is 0 Å². The third kappa shape index (κ3) is 3.70. The zero-order valence-electron chi connectivity index (χ0n) is 13.2. The van der Waals surface area contributed by atoms with Crippen molar-refractivity contribution in [2.45, 2.75) is 32.7 Å². The molecule has 0 N–H and O–H groups in total. The molecule has 1 aliphatic rings. The van der Waals surface area contributed by atoms with Gasteiger partial charge in [0, 0.05) is 6.54 Å². The van der Waals surface area contributed by atoms with Gasteiger partial charge in [-0.2, -0.15) is 4.31 Å². The molecular weight excluding hydrogens is 306 g/mol. The van der Waals surface area contributed by atoms with Crippen molar-refractivity contribution >= 4 is 16.0 Å². The maximum absolute atomic E-state index is 12.7. The van der Waals surface area contributed by atoms with Crippen LogP contribution in [0.1, 0.15) is 38.5 Å². The van der Waals surface area contributed by atoms with E-state index in [1.807, 2.05) is 0 Å². The van der Waals surface area contributed by atoms with Crippen LogP contribution in [-0.2, 0) is 19.6 Å². The highest BCUT2D eigenvalue weighted by molar-refractivity contribution is 7.89. The van der Waals surface area contributed by atoms with Crippen molar-refractivity contribution in [3.63, 3.8) is 0 Å². The summed E-state index contributed by atoms with van der Waals surface area (Å²) in [5.74, 6) is -0.360. The van der Waals surface area contributed by atoms with Crippen LogP contribution < -0.4 is 0 Å². The Morgan fingerprint density at radius 3 is 2.86 bits per heavy atom. The highest BCUT2D eigenvalue weighted by Gasteiger charge is 2.38. The Kier molecular flexibility index (Phi) is 5.28. The average Bonchev–Trinajstić information content (AvgIpc) is 2.99. The van der Waals surface area contributed by atoms with Crippen LogP contribution >= 0.6 is 0 Å². The topological polar surface area (TPSA) is 76.8 Å². The third-order valence-corrected chi connectivity index (χ3v) is 6.18. The van der Waals surface area contributed by atoms with Crippen LogP contribution in [0.3, 0.4) is 0 Å². The SMILES string of the molecule is COC(=O)[C@H](C)CS(=O)(=O)N1CC[C@@H](C)C[C@H]1c1ccco1. The van der Waals surface area contributed by atoms with E-state index in [1.54, 1.807) is 25.3 Å². The van der Waals surface area contributed by atoms with Gasteiger partial charge < -0.3 is 9.15 Å². The van der Waals surface area contributed by atoms with Crippen LogP contribution in [0.5, 0.6) is 0 Å². The number of furan rings is 1. The average molecular weight is 329 g/mol. The van der Waals surface area contributed by atoms with Gasteiger partial charge in [-0.1, -0.05) is 13.8 Å². The summed E-state index contributed by atoms with van der Waals surface area (Å²) in [6, 6.07) is 3.26. The molecule has 0 amide bonds. The predicted octanol–water partition coefficient (Wildman–Crippen LogP) is 2.19. The minimum atomic E-state index is -3.56. The molecule has 0 saturated carbocycles. The lowest BCUT2D eigenvalue weighted by atomic mass is 9.93. The second-order valence-corrected chi connectivity index (χ2v) is 7.94. The zero-order chi connectivity index (χ0) is 16.3. The number of hydrogen-bond acceptors (Lipinski definition) is 5. The van der Waals surface area contributed by atoms with Gasteiger partial charge in [-0.15, -0.1) is 0 Å². The number of esters is 1. The smallest absolute Gasteiger partial charge is 0.309 e. The third-order valence-electron chi connectivity index (χ3n) is 4.11. The van der Waals surface area contributed by atoms with E-state index in [2.05, 4.69) is 11.7 Å². The fourth-order valence-corrected chi connectivity index (χ4v) is 4.79. The van der Waals surface area contributed by atoms with E-state index in [0.29, 0.717) is 18.2 Å². The van der Waals surface area contributed by atoms with Gasteiger partial charge >= 0.3 is 5.97 Å². The minimum Gasteiger partial charge on any atom is -0.469 e. The molecule has 3 atom stereocenters. The lowest BCUT2D eigenvalue weighted by molar-refractivity contribution is -0.144. The van der Waals surface area contributed by atoms with Crippen LogP contribution in [0.4, 0.5) is 0 Å². The Balaban J connectivity index is 2.21. The molecular formula is C15H23NO5S. The maximum atomic E-state index is 12.7. The molecule has 0 spiro atoms. The lowest BCUT2D eigenvalue weighted by Crippen LogP contribution is -2.43.